The molecule has 0 aliphatic carbocycles. The summed E-state index contributed by atoms with van der Waals surface area (Å²) in [5.41, 5.74) is 0. The van der Waals surface area contributed by atoms with E-state index < -0.39 is 0 Å². The Labute approximate surface area is 125 Å². The maximum Gasteiger partial charge on any atom is 0.242 e. The van der Waals surface area contributed by atoms with Gasteiger partial charge in [-0.2, -0.15) is 0 Å². The molecule has 0 spiro atoms. The summed E-state index contributed by atoms with van der Waals surface area (Å²) >= 11 is 0. The van der Waals surface area contributed by atoms with Crippen molar-refractivity contribution in [3.05, 3.63) is 18.7 Å². The molecule has 1 aromatic heterocycles. The lowest BCUT2D eigenvalue weighted by Gasteiger charge is -2.41. The van der Waals surface area contributed by atoms with Gasteiger partial charge < -0.3 is 14.6 Å². The van der Waals surface area contributed by atoms with Crippen LogP contribution in [0.1, 0.15) is 25.7 Å². The Kier molecular flexibility index (Phi) is 4.55. The van der Waals surface area contributed by atoms with E-state index in [2.05, 4.69) is 9.88 Å². The number of aliphatic hydroxyl groups excluding tert-OH is 1. The molecule has 3 rings (SSSR count). The second kappa shape index (κ2) is 6.58. The van der Waals surface area contributed by atoms with Gasteiger partial charge in [0.25, 0.3) is 0 Å². The van der Waals surface area contributed by atoms with Crippen molar-refractivity contribution in [1.82, 2.24) is 19.4 Å². The van der Waals surface area contributed by atoms with Crippen molar-refractivity contribution >= 4 is 5.91 Å². The normalized spacial score (nSPS) is 25.2. The number of likely N-dealkylation sites (tertiary alicyclic amines) is 2. The van der Waals surface area contributed by atoms with Gasteiger partial charge in [-0.05, 0) is 32.2 Å². The Bertz CT molecular complexity index is 454. The summed E-state index contributed by atoms with van der Waals surface area (Å²) < 4.78 is 1.81. The number of hydrogen-bond acceptors (Lipinski definition) is 4. The third-order valence-electron chi connectivity index (χ3n) is 4.64. The summed E-state index contributed by atoms with van der Waals surface area (Å²) in [4.78, 5) is 20.6. The molecule has 3 heterocycles. The third kappa shape index (κ3) is 3.63. The van der Waals surface area contributed by atoms with Crippen molar-refractivity contribution in [2.75, 3.05) is 26.2 Å². The summed E-state index contributed by atoms with van der Waals surface area (Å²) in [7, 11) is 0. The van der Waals surface area contributed by atoms with Crippen LogP contribution in [0, 0.1) is 0 Å². The SMILES string of the molecule is O=C(Cn1ccnc1)N1CCC(N2CCC[C@@H](O)C2)CC1. The van der Waals surface area contributed by atoms with Crippen molar-refractivity contribution in [1.29, 1.82) is 0 Å². The summed E-state index contributed by atoms with van der Waals surface area (Å²) in [5.74, 6) is 0.171. The summed E-state index contributed by atoms with van der Waals surface area (Å²) in [6.45, 7) is 3.92. The Balaban J connectivity index is 1.47. The second-order valence-corrected chi connectivity index (χ2v) is 6.14. The average molecular weight is 292 g/mol. The van der Waals surface area contributed by atoms with Crippen LogP contribution in [-0.4, -0.2) is 68.7 Å². The van der Waals surface area contributed by atoms with E-state index in [4.69, 9.17) is 0 Å². The number of carbonyl (C=O) groups excluding carboxylic acids is 1. The Morgan fingerprint density at radius 1 is 1.24 bits per heavy atom. The lowest BCUT2D eigenvalue weighted by atomic mass is 9.99. The number of imidazole rings is 1. The zero-order valence-corrected chi connectivity index (χ0v) is 12.4. The number of rotatable bonds is 3. The first-order chi connectivity index (χ1) is 10.2. The first-order valence-corrected chi connectivity index (χ1v) is 7.88. The molecule has 1 aromatic rings. The second-order valence-electron chi connectivity index (χ2n) is 6.14. The fourth-order valence-corrected chi connectivity index (χ4v) is 3.43. The number of β-amino-alcohol motifs (C(OH)–C–C–N with tert-alkyl or cyclic N) is 1. The van der Waals surface area contributed by atoms with E-state index in [-0.39, 0.29) is 12.0 Å². The van der Waals surface area contributed by atoms with Crippen LogP contribution in [0.15, 0.2) is 18.7 Å². The van der Waals surface area contributed by atoms with Crippen molar-refractivity contribution in [3.8, 4) is 0 Å². The minimum Gasteiger partial charge on any atom is -0.392 e. The van der Waals surface area contributed by atoms with Crippen LogP contribution in [0.4, 0.5) is 0 Å². The molecule has 2 aliphatic rings. The largest absolute Gasteiger partial charge is 0.392 e. The molecule has 1 N–H and O–H groups in total. The summed E-state index contributed by atoms with van der Waals surface area (Å²) in [6.07, 6.45) is 9.07. The molecule has 0 saturated carbocycles. The number of piperidine rings is 2. The quantitative estimate of drug-likeness (QED) is 0.872. The summed E-state index contributed by atoms with van der Waals surface area (Å²) in [5, 5.41) is 9.78. The Hall–Kier alpha value is -1.40. The van der Waals surface area contributed by atoms with Gasteiger partial charge in [-0.1, -0.05) is 0 Å². The first-order valence-electron chi connectivity index (χ1n) is 7.88. The zero-order chi connectivity index (χ0) is 14.7. The smallest absolute Gasteiger partial charge is 0.242 e. The minimum atomic E-state index is -0.167. The van der Waals surface area contributed by atoms with E-state index in [1.165, 1.54) is 0 Å². The van der Waals surface area contributed by atoms with Crippen molar-refractivity contribution < 1.29 is 9.90 Å². The first kappa shape index (κ1) is 14.5. The van der Waals surface area contributed by atoms with Crippen molar-refractivity contribution in [2.45, 2.75) is 44.4 Å². The Morgan fingerprint density at radius 2 is 2.05 bits per heavy atom. The van der Waals surface area contributed by atoms with Crippen LogP contribution in [-0.2, 0) is 11.3 Å². The van der Waals surface area contributed by atoms with Crippen LogP contribution in [0.5, 0.6) is 0 Å². The number of nitrogens with zero attached hydrogens (tertiary/aromatic N) is 4. The van der Waals surface area contributed by atoms with Crippen LogP contribution < -0.4 is 0 Å². The van der Waals surface area contributed by atoms with E-state index in [0.29, 0.717) is 12.6 Å². The van der Waals surface area contributed by atoms with Gasteiger partial charge in [0.05, 0.1) is 12.4 Å². The fraction of sp³-hybridized carbons (Fsp3) is 0.733. The molecule has 2 saturated heterocycles. The van der Waals surface area contributed by atoms with Gasteiger partial charge in [-0.15, -0.1) is 0 Å². The molecule has 0 radical (unpaired) electrons. The highest BCUT2D eigenvalue weighted by Crippen LogP contribution is 2.21. The van der Waals surface area contributed by atoms with E-state index in [9.17, 15) is 9.90 Å². The molecule has 0 unspecified atom stereocenters. The fourth-order valence-electron chi connectivity index (χ4n) is 3.43. The maximum atomic E-state index is 12.2. The molecule has 1 atom stereocenters. The minimum absolute atomic E-state index is 0.167. The summed E-state index contributed by atoms with van der Waals surface area (Å²) in [6, 6.07) is 0.525. The predicted molar refractivity (Wildman–Crippen MR) is 78.6 cm³/mol. The topological polar surface area (TPSA) is 61.6 Å². The third-order valence-corrected chi connectivity index (χ3v) is 4.64. The lowest BCUT2D eigenvalue weighted by molar-refractivity contribution is -0.133. The number of carbonyl (C=O) groups is 1. The predicted octanol–water partition coefficient (Wildman–Crippen LogP) is 0.331. The monoisotopic (exact) mass is 292 g/mol. The van der Waals surface area contributed by atoms with Crippen LogP contribution >= 0.6 is 0 Å². The molecule has 1 amide bonds. The van der Waals surface area contributed by atoms with Gasteiger partial charge in [0, 0.05) is 38.1 Å². The average Bonchev–Trinajstić information content (AvgIpc) is 3.00. The molecule has 6 nitrogen and oxygen atoms in total. The van der Waals surface area contributed by atoms with Gasteiger partial charge in [0.1, 0.15) is 6.54 Å². The molecular weight excluding hydrogens is 268 g/mol. The van der Waals surface area contributed by atoms with Crippen LogP contribution in [0.25, 0.3) is 0 Å². The number of hydrogen-bond donors (Lipinski definition) is 1. The highest BCUT2D eigenvalue weighted by Gasteiger charge is 2.29. The van der Waals surface area contributed by atoms with Gasteiger partial charge in [0.15, 0.2) is 0 Å². The van der Waals surface area contributed by atoms with E-state index in [1.807, 2.05) is 15.7 Å². The molecule has 116 valence electrons. The van der Waals surface area contributed by atoms with E-state index in [0.717, 1.165) is 51.9 Å². The van der Waals surface area contributed by atoms with Gasteiger partial charge in [0.2, 0.25) is 5.91 Å². The van der Waals surface area contributed by atoms with Crippen molar-refractivity contribution in [2.24, 2.45) is 0 Å². The van der Waals surface area contributed by atoms with Crippen molar-refractivity contribution in [3.63, 3.8) is 0 Å². The molecular formula is C15H24N4O2. The number of aliphatic hydroxyl groups is 1. The van der Waals surface area contributed by atoms with Gasteiger partial charge >= 0.3 is 0 Å². The molecule has 6 heteroatoms. The van der Waals surface area contributed by atoms with Gasteiger partial charge in [-0.25, -0.2) is 4.98 Å². The highest BCUT2D eigenvalue weighted by molar-refractivity contribution is 5.76. The van der Waals surface area contributed by atoms with Crippen LogP contribution in [0.2, 0.25) is 0 Å². The van der Waals surface area contributed by atoms with Crippen LogP contribution in [0.3, 0.4) is 0 Å². The zero-order valence-electron chi connectivity index (χ0n) is 12.4. The molecule has 0 bridgehead atoms. The molecule has 0 aromatic carbocycles. The standard InChI is InChI=1S/C15H24N4O2/c20-14-2-1-6-19(10-14)13-3-7-18(8-4-13)15(21)11-17-9-5-16-12-17/h5,9,12-14,20H,1-4,6-8,10-11H2/t14-/m1/s1. The van der Waals surface area contributed by atoms with E-state index >= 15 is 0 Å². The number of amides is 1. The van der Waals surface area contributed by atoms with Gasteiger partial charge in [-0.3, -0.25) is 9.69 Å². The molecule has 2 fully saturated rings. The maximum absolute atomic E-state index is 12.2. The number of aromatic nitrogens is 2. The Morgan fingerprint density at radius 3 is 2.71 bits per heavy atom. The van der Waals surface area contributed by atoms with E-state index in [1.54, 1.807) is 12.5 Å². The molecule has 2 aliphatic heterocycles. The highest BCUT2D eigenvalue weighted by atomic mass is 16.3. The molecule has 21 heavy (non-hydrogen) atoms. The lowest BCUT2D eigenvalue weighted by Crippen LogP contribution is -2.51.